The van der Waals surface area contributed by atoms with Crippen molar-refractivity contribution in [2.45, 2.75) is 36.9 Å². The summed E-state index contributed by atoms with van der Waals surface area (Å²) >= 11 is 3.24. The third-order valence-electron chi connectivity index (χ3n) is 4.09. The number of unbranched alkanes of at least 4 members (excludes halogenated alkanes) is 2. The second-order valence-electron chi connectivity index (χ2n) is 6.02. The summed E-state index contributed by atoms with van der Waals surface area (Å²) in [6.45, 7) is 3.55. The molecule has 3 rings (SSSR count). The number of aromatic nitrogens is 2. The highest BCUT2D eigenvalue weighted by Crippen LogP contribution is 2.27. The first-order chi connectivity index (χ1) is 12.7. The molecule has 0 bridgehead atoms. The Hall–Kier alpha value is -1.93. The zero-order valence-corrected chi connectivity index (χ0v) is 16.4. The summed E-state index contributed by atoms with van der Waals surface area (Å²) in [7, 11) is 0. The number of nitrogens with one attached hydrogen (secondary N) is 1. The Bertz CT molecular complexity index is 743. The lowest BCUT2D eigenvalue weighted by Crippen LogP contribution is -2.30. The van der Waals surface area contributed by atoms with E-state index in [1.165, 1.54) is 4.90 Å². The van der Waals surface area contributed by atoms with Gasteiger partial charge < -0.3 is 5.32 Å². The van der Waals surface area contributed by atoms with Gasteiger partial charge in [0.15, 0.2) is 4.34 Å². The quantitative estimate of drug-likeness (QED) is 0.376. The van der Waals surface area contributed by atoms with E-state index in [1.54, 1.807) is 47.4 Å². The predicted molar refractivity (Wildman–Crippen MR) is 105 cm³/mol. The smallest absolute Gasteiger partial charge is 0.261 e. The second-order valence-corrected chi connectivity index (χ2v) is 8.34. The van der Waals surface area contributed by atoms with Crippen molar-refractivity contribution in [3.05, 3.63) is 35.4 Å². The molecule has 26 heavy (non-hydrogen) atoms. The van der Waals surface area contributed by atoms with Crippen LogP contribution in [0.4, 0.5) is 5.13 Å². The monoisotopic (exact) mass is 390 g/mol. The molecule has 138 valence electrons. The fraction of sp³-hybridized carbons (Fsp3) is 0.444. The van der Waals surface area contributed by atoms with Crippen molar-refractivity contribution in [2.75, 3.05) is 24.2 Å². The first kappa shape index (κ1) is 18.8. The van der Waals surface area contributed by atoms with Crippen molar-refractivity contribution in [1.29, 1.82) is 0 Å². The van der Waals surface area contributed by atoms with Gasteiger partial charge in [0, 0.05) is 18.8 Å². The molecule has 1 aromatic heterocycles. The maximum Gasteiger partial charge on any atom is 0.261 e. The fourth-order valence-corrected chi connectivity index (χ4v) is 4.53. The lowest BCUT2D eigenvalue weighted by atomic mass is 10.1. The minimum absolute atomic E-state index is 0.176. The summed E-state index contributed by atoms with van der Waals surface area (Å²) in [5, 5.41) is 12.4. The zero-order valence-electron chi connectivity index (χ0n) is 14.7. The molecule has 8 heteroatoms. The molecule has 2 heterocycles. The standard InChI is InChI=1S/C18H22N4O2S2/c1-2-3-10-19-17-20-21-18(26-17)25-12-7-6-11-22-15(23)13-8-4-5-9-14(13)16(22)24/h4-5,8-9H,2-3,6-7,10-12H2,1H3,(H,19,20). The molecular formula is C18H22N4O2S2. The van der Waals surface area contributed by atoms with Crippen molar-refractivity contribution < 1.29 is 9.59 Å². The van der Waals surface area contributed by atoms with Gasteiger partial charge in [-0.2, -0.15) is 0 Å². The number of carbonyl (C=O) groups is 2. The van der Waals surface area contributed by atoms with Crippen molar-refractivity contribution in [3.63, 3.8) is 0 Å². The van der Waals surface area contributed by atoms with Crippen LogP contribution in [0.2, 0.25) is 0 Å². The Morgan fingerprint density at radius 1 is 1.08 bits per heavy atom. The molecule has 0 fully saturated rings. The average Bonchev–Trinajstić information content (AvgIpc) is 3.20. The van der Waals surface area contributed by atoms with Crippen LogP contribution in [0.15, 0.2) is 28.6 Å². The van der Waals surface area contributed by atoms with E-state index >= 15 is 0 Å². The lowest BCUT2D eigenvalue weighted by molar-refractivity contribution is 0.0652. The summed E-state index contributed by atoms with van der Waals surface area (Å²) in [4.78, 5) is 25.9. The first-order valence-corrected chi connectivity index (χ1v) is 10.7. The molecule has 2 amide bonds. The summed E-state index contributed by atoms with van der Waals surface area (Å²) < 4.78 is 0.949. The minimum Gasteiger partial charge on any atom is -0.360 e. The van der Waals surface area contributed by atoms with Crippen LogP contribution in [0.3, 0.4) is 0 Å². The minimum atomic E-state index is -0.176. The Labute approximate surface area is 161 Å². The van der Waals surface area contributed by atoms with Crippen molar-refractivity contribution in [1.82, 2.24) is 15.1 Å². The van der Waals surface area contributed by atoms with Gasteiger partial charge in [-0.25, -0.2) is 0 Å². The Morgan fingerprint density at radius 3 is 2.50 bits per heavy atom. The van der Waals surface area contributed by atoms with E-state index in [4.69, 9.17) is 0 Å². The molecule has 1 aliphatic heterocycles. The van der Waals surface area contributed by atoms with Gasteiger partial charge in [0.25, 0.3) is 11.8 Å². The molecule has 1 N–H and O–H groups in total. The van der Waals surface area contributed by atoms with Gasteiger partial charge in [0.2, 0.25) is 5.13 Å². The Morgan fingerprint density at radius 2 is 1.81 bits per heavy atom. The van der Waals surface area contributed by atoms with E-state index in [2.05, 4.69) is 22.4 Å². The summed E-state index contributed by atoms with van der Waals surface area (Å²) in [6, 6.07) is 7.01. The molecule has 6 nitrogen and oxygen atoms in total. The number of amides is 2. The van der Waals surface area contributed by atoms with E-state index in [0.717, 1.165) is 47.5 Å². The van der Waals surface area contributed by atoms with Crippen LogP contribution in [0.25, 0.3) is 0 Å². The highest BCUT2D eigenvalue weighted by Gasteiger charge is 2.34. The number of fused-ring (bicyclic) bond motifs is 1. The number of benzene rings is 1. The summed E-state index contributed by atoms with van der Waals surface area (Å²) in [5.74, 6) is 0.544. The van der Waals surface area contributed by atoms with E-state index in [-0.39, 0.29) is 11.8 Å². The van der Waals surface area contributed by atoms with Crippen LogP contribution in [-0.4, -0.2) is 45.8 Å². The molecule has 0 unspecified atom stereocenters. The number of thioether (sulfide) groups is 1. The molecule has 0 atom stereocenters. The van der Waals surface area contributed by atoms with E-state index in [0.29, 0.717) is 17.7 Å². The molecule has 1 aliphatic rings. The van der Waals surface area contributed by atoms with Crippen LogP contribution in [-0.2, 0) is 0 Å². The number of rotatable bonds is 10. The SMILES string of the molecule is CCCCNc1nnc(SCCCCN2C(=O)c3ccccc3C2=O)s1. The molecule has 0 saturated carbocycles. The average molecular weight is 391 g/mol. The van der Waals surface area contributed by atoms with Crippen LogP contribution < -0.4 is 5.32 Å². The van der Waals surface area contributed by atoms with Crippen LogP contribution >= 0.6 is 23.1 Å². The van der Waals surface area contributed by atoms with Gasteiger partial charge in [-0.15, -0.1) is 10.2 Å². The van der Waals surface area contributed by atoms with E-state index in [1.807, 2.05) is 0 Å². The molecular weight excluding hydrogens is 368 g/mol. The van der Waals surface area contributed by atoms with Crippen LogP contribution in [0, 0.1) is 0 Å². The van der Waals surface area contributed by atoms with Gasteiger partial charge in [-0.05, 0) is 31.4 Å². The molecule has 0 aliphatic carbocycles. The first-order valence-electron chi connectivity index (χ1n) is 8.86. The highest BCUT2D eigenvalue weighted by atomic mass is 32.2. The maximum absolute atomic E-state index is 12.3. The van der Waals surface area contributed by atoms with Crippen molar-refractivity contribution in [3.8, 4) is 0 Å². The normalized spacial score (nSPS) is 13.3. The largest absolute Gasteiger partial charge is 0.360 e. The highest BCUT2D eigenvalue weighted by molar-refractivity contribution is 8.01. The van der Waals surface area contributed by atoms with Gasteiger partial charge in [0.05, 0.1) is 11.1 Å². The molecule has 0 saturated heterocycles. The van der Waals surface area contributed by atoms with Crippen molar-refractivity contribution in [2.24, 2.45) is 0 Å². The third kappa shape index (κ3) is 4.42. The van der Waals surface area contributed by atoms with Crippen molar-refractivity contribution >= 4 is 40.0 Å². The van der Waals surface area contributed by atoms with Gasteiger partial charge in [0.1, 0.15) is 0 Å². The number of carbonyl (C=O) groups excluding carboxylic acids is 2. The summed E-state index contributed by atoms with van der Waals surface area (Å²) in [6.07, 6.45) is 3.98. The third-order valence-corrected chi connectivity index (χ3v) is 6.19. The second kappa shape index (κ2) is 9.14. The van der Waals surface area contributed by atoms with Gasteiger partial charge in [-0.3, -0.25) is 14.5 Å². The zero-order chi connectivity index (χ0) is 18.4. The Kier molecular flexibility index (Phi) is 6.62. The lowest BCUT2D eigenvalue weighted by Gasteiger charge is -2.13. The predicted octanol–water partition coefficient (Wildman–Crippen LogP) is 3.92. The number of imide groups is 1. The topological polar surface area (TPSA) is 75.2 Å². The van der Waals surface area contributed by atoms with E-state index in [9.17, 15) is 9.59 Å². The number of nitrogens with zero attached hydrogens (tertiary/aromatic N) is 3. The van der Waals surface area contributed by atoms with E-state index < -0.39 is 0 Å². The molecule has 0 spiro atoms. The van der Waals surface area contributed by atoms with Gasteiger partial charge >= 0.3 is 0 Å². The number of hydrogen-bond donors (Lipinski definition) is 1. The number of hydrogen-bond acceptors (Lipinski definition) is 7. The molecule has 1 aromatic carbocycles. The van der Waals surface area contributed by atoms with Crippen LogP contribution in [0.1, 0.15) is 53.3 Å². The fourth-order valence-electron chi connectivity index (χ4n) is 2.69. The summed E-state index contributed by atoms with van der Waals surface area (Å²) in [5.41, 5.74) is 1.03. The maximum atomic E-state index is 12.3. The van der Waals surface area contributed by atoms with Crippen LogP contribution in [0.5, 0.6) is 0 Å². The molecule has 2 aromatic rings. The van der Waals surface area contributed by atoms with Gasteiger partial charge in [-0.1, -0.05) is 48.6 Å². The number of anilines is 1. The Balaban J connectivity index is 1.38. The molecule has 0 radical (unpaired) electrons.